The molecule has 30 heavy (non-hydrogen) atoms. The number of fused-ring (bicyclic) bond motifs is 1. The first-order valence-electron chi connectivity index (χ1n) is 10.7. The van der Waals surface area contributed by atoms with E-state index in [0.717, 1.165) is 24.3 Å². The van der Waals surface area contributed by atoms with Crippen molar-refractivity contribution in [3.8, 4) is 5.75 Å². The molecule has 2 aliphatic rings. The molecule has 2 fully saturated rings. The molecule has 3 unspecified atom stereocenters. The number of unbranched alkanes of at least 4 members (excludes halogenated alkanes) is 3. The second-order valence-corrected chi connectivity index (χ2v) is 10.3. The van der Waals surface area contributed by atoms with Crippen LogP contribution in [-0.4, -0.2) is 53.8 Å². The van der Waals surface area contributed by atoms with Crippen molar-refractivity contribution in [3.63, 3.8) is 0 Å². The minimum absolute atomic E-state index is 0.00333. The van der Waals surface area contributed by atoms with Crippen molar-refractivity contribution < 1.29 is 9.53 Å². The second-order valence-electron chi connectivity index (χ2n) is 8.53. The Hall–Kier alpha value is -2.13. The number of hydrogen-bond acceptors (Lipinski definition) is 7. The number of carbonyl (C=O) groups excluding carboxylic acids is 1. The predicted molar refractivity (Wildman–Crippen MR) is 116 cm³/mol. The van der Waals surface area contributed by atoms with Gasteiger partial charge >= 0.3 is 0 Å². The third-order valence-corrected chi connectivity index (χ3v) is 7.40. The summed E-state index contributed by atoms with van der Waals surface area (Å²) in [6.07, 6.45) is 4.77. The summed E-state index contributed by atoms with van der Waals surface area (Å²) in [5.41, 5.74) is 7.07. The van der Waals surface area contributed by atoms with E-state index in [2.05, 4.69) is 36.3 Å². The van der Waals surface area contributed by atoms with Crippen molar-refractivity contribution in [2.75, 3.05) is 6.61 Å². The molecule has 3 heterocycles. The van der Waals surface area contributed by atoms with Crippen molar-refractivity contribution in [1.29, 1.82) is 0 Å². The van der Waals surface area contributed by atoms with E-state index in [0.29, 0.717) is 12.4 Å². The Balaban J connectivity index is 1.42. The van der Waals surface area contributed by atoms with Gasteiger partial charge in [0, 0.05) is 4.75 Å². The zero-order valence-corrected chi connectivity index (χ0v) is 18.6. The first kappa shape index (κ1) is 21.1. The smallest absolute Gasteiger partial charge is 0.244 e. The molecule has 1 amide bonds. The molecule has 2 N–H and O–H groups in total. The minimum atomic E-state index is -0.432. The molecule has 4 rings (SSSR count). The van der Waals surface area contributed by atoms with Gasteiger partial charge in [0.15, 0.2) is 5.82 Å². The lowest BCUT2D eigenvalue weighted by Gasteiger charge is -2.42. The summed E-state index contributed by atoms with van der Waals surface area (Å²) in [5.74, 6) is 1.55. The molecule has 8 nitrogen and oxygen atoms in total. The highest BCUT2D eigenvalue weighted by atomic mass is 32.2. The van der Waals surface area contributed by atoms with Crippen LogP contribution >= 0.6 is 11.8 Å². The maximum Gasteiger partial charge on any atom is 0.244 e. The van der Waals surface area contributed by atoms with Crippen molar-refractivity contribution in [2.45, 2.75) is 75.2 Å². The van der Waals surface area contributed by atoms with Crippen LogP contribution in [0.4, 0.5) is 0 Å². The van der Waals surface area contributed by atoms with Crippen LogP contribution in [0.15, 0.2) is 24.3 Å². The lowest BCUT2D eigenvalue weighted by atomic mass is 9.95. The number of carbonyl (C=O) groups is 1. The van der Waals surface area contributed by atoms with Crippen molar-refractivity contribution in [3.05, 3.63) is 35.7 Å². The Bertz CT molecular complexity index is 884. The number of tetrazole rings is 1. The van der Waals surface area contributed by atoms with E-state index in [-0.39, 0.29) is 22.1 Å². The highest BCUT2D eigenvalue weighted by molar-refractivity contribution is 8.01. The van der Waals surface area contributed by atoms with E-state index in [9.17, 15) is 4.79 Å². The van der Waals surface area contributed by atoms with E-state index in [1.807, 2.05) is 29.2 Å². The highest BCUT2D eigenvalue weighted by Gasteiger charge is 2.62. The van der Waals surface area contributed by atoms with Gasteiger partial charge in [0.05, 0.1) is 13.2 Å². The first-order chi connectivity index (χ1) is 14.4. The second kappa shape index (κ2) is 8.55. The number of rotatable bonds is 9. The lowest BCUT2D eigenvalue weighted by molar-refractivity contribution is -0.147. The molecule has 0 radical (unpaired) electrons. The monoisotopic (exact) mass is 430 g/mol. The number of hydrogen-bond donors (Lipinski definition) is 1. The molecule has 0 bridgehead atoms. The molecule has 3 atom stereocenters. The van der Waals surface area contributed by atoms with Gasteiger partial charge in [0.2, 0.25) is 5.91 Å². The van der Waals surface area contributed by atoms with E-state index in [1.54, 1.807) is 16.4 Å². The maximum absolute atomic E-state index is 12.4. The number of thioether (sulfide) groups is 1. The van der Waals surface area contributed by atoms with Gasteiger partial charge in [-0.15, -0.1) is 16.9 Å². The van der Waals surface area contributed by atoms with Crippen LogP contribution in [0, 0.1) is 0 Å². The quantitative estimate of drug-likeness (QED) is 0.482. The Morgan fingerprint density at radius 3 is 2.70 bits per heavy atom. The van der Waals surface area contributed by atoms with Gasteiger partial charge in [-0.2, -0.15) is 0 Å². The first-order valence-corrected chi connectivity index (χ1v) is 11.5. The molecule has 1 aromatic carbocycles. The van der Waals surface area contributed by atoms with Gasteiger partial charge in [0.1, 0.15) is 23.2 Å². The molecule has 1 aromatic heterocycles. The van der Waals surface area contributed by atoms with Gasteiger partial charge in [-0.25, -0.2) is 4.68 Å². The molecule has 162 valence electrons. The number of aromatic nitrogens is 4. The fraction of sp³-hybridized carbons (Fsp3) is 0.619. The van der Waals surface area contributed by atoms with Gasteiger partial charge in [0.25, 0.3) is 0 Å². The molecule has 0 spiro atoms. The molecular weight excluding hydrogens is 400 g/mol. The molecule has 9 heteroatoms. The number of amides is 1. The number of benzene rings is 1. The Morgan fingerprint density at radius 2 is 1.97 bits per heavy atom. The van der Waals surface area contributed by atoms with Crippen LogP contribution in [-0.2, 0) is 11.3 Å². The third kappa shape index (κ3) is 3.92. The van der Waals surface area contributed by atoms with Crippen molar-refractivity contribution >= 4 is 17.7 Å². The van der Waals surface area contributed by atoms with Gasteiger partial charge in [-0.3, -0.25) is 4.79 Å². The van der Waals surface area contributed by atoms with Crippen LogP contribution in [0.25, 0.3) is 0 Å². The topological polar surface area (TPSA) is 99.2 Å². The highest BCUT2D eigenvalue weighted by Crippen LogP contribution is 2.56. The number of nitrogens with two attached hydrogens (primary N) is 1. The lowest BCUT2D eigenvalue weighted by Crippen LogP contribution is -2.65. The van der Waals surface area contributed by atoms with Crippen LogP contribution in [0.3, 0.4) is 0 Å². The van der Waals surface area contributed by atoms with E-state index in [4.69, 9.17) is 10.5 Å². The van der Waals surface area contributed by atoms with E-state index >= 15 is 0 Å². The average Bonchev–Trinajstić information content (AvgIpc) is 3.28. The van der Waals surface area contributed by atoms with E-state index < -0.39 is 6.04 Å². The summed E-state index contributed by atoms with van der Waals surface area (Å²) in [5, 5.41) is 12.4. The molecule has 0 saturated carbocycles. The Kier molecular flexibility index (Phi) is 6.02. The zero-order valence-electron chi connectivity index (χ0n) is 17.8. The predicted octanol–water partition coefficient (Wildman–Crippen LogP) is 2.74. The SMILES string of the molecule is CCCCCCOc1ccc(Cn2nnnc2C2N3C(=O)C(N)C3SC2(C)C)cc1. The standard InChI is InChI=1S/C21H30N6O2S/c1-4-5-6-7-12-29-15-10-8-14(9-11-15)13-26-18(23-24-25-26)17-21(2,3)30-20-16(22)19(28)27(17)20/h8-11,16-17,20H,4-7,12-13,22H2,1-3H3. The number of ether oxygens (including phenoxy) is 1. The summed E-state index contributed by atoms with van der Waals surface area (Å²) in [7, 11) is 0. The molecule has 2 aliphatic heterocycles. The molecular formula is C21H30N6O2S. The van der Waals surface area contributed by atoms with Gasteiger partial charge in [-0.05, 0) is 48.4 Å². The largest absolute Gasteiger partial charge is 0.494 e. The zero-order chi connectivity index (χ0) is 21.3. The number of nitrogens with zero attached hydrogens (tertiary/aromatic N) is 5. The fourth-order valence-corrected chi connectivity index (χ4v) is 5.74. The molecule has 0 aliphatic carbocycles. The summed E-state index contributed by atoms with van der Waals surface area (Å²) in [4.78, 5) is 14.2. The van der Waals surface area contributed by atoms with Crippen LogP contribution in [0.2, 0.25) is 0 Å². The van der Waals surface area contributed by atoms with Crippen LogP contribution < -0.4 is 10.5 Å². The fourth-order valence-electron chi connectivity index (χ4n) is 4.16. The Labute approximate surface area is 181 Å². The van der Waals surface area contributed by atoms with Crippen molar-refractivity contribution in [1.82, 2.24) is 25.1 Å². The average molecular weight is 431 g/mol. The molecule has 2 saturated heterocycles. The summed E-state index contributed by atoms with van der Waals surface area (Å²) >= 11 is 1.72. The minimum Gasteiger partial charge on any atom is -0.494 e. The third-order valence-electron chi connectivity index (χ3n) is 5.81. The van der Waals surface area contributed by atoms with Gasteiger partial charge in [-0.1, -0.05) is 38.3 Å². The summed E-state index contributed by atoms with van der Waals surface area (Å²) in [6, 6.07) is 7.42. The maximum atomic E-state index is 12.4. The van der Waals surface area contributed by atoms with Crippen LogP contribution in [0.1, 0.15) is 63.9 Å². The van der Waals surface area contributed by atoms with E-state index in [1.165, 1.54) is 19.3 Å². The van der Waals surface area contributed by atoms with Gasteiger partial charge < -0.3 is 15.4 Å². The van der Waals surface area contributed by atoms with Crippen LogP contribution in [0.5, 0.6) is 5.75 Å². The summed E-state index contributed by atoms with van der Waals surface area (Å²) in [6.45, 7) is 7.72. The Morgan fingerprint density at radius 1 is 1.20 bits per heavy atom. The summed E-state index contributed by atoms with van der Waals surface area (Å²) < 4.78 is 7.40. The van der Waals surface area contributed by atoms with Crippen molar-refractivity contribution in [2.24, 2.45) is 5.73 Å². The molecule has 2 aromatic rings. The normalized spacial score (nSPS) is 24.6. The number of β-lactam (4-membered cyclic amide) rings is 1.